The topological polar surface area (TPSA) is 73.0 Å². The van der Waals surface area contributed by atoms with E-state index in [4.69, 9.17) is 0 Å². The Morgan fingerprint density at radius 3 is 2.35 bits per heavy atom. The second kappa shape index (κ2) is 9.46. The number of hydrogen-bond acceptors (Lipinski definition) is 4. The quantitative estimate of drug-likeness (QED) is 0.696. The first kappa shape index (κ1) is 22.6. The zero-order valence-corrected chi connectivity index (χ0v) is 19.6. The second-order valence-corrected chi connectivity index (χ2v) is 11.3. The zero-order chi connectivity index (χ0) is 22.0. The minimum Gasteiger partial charge on any atom is -0.338 e. The summed E-state index contributed by atoms with van der Waals surface area (Å²) >= 11 is 0. The summed E-state index contributed by atoms with van der Waals surface area (Å²) in [5.41, 5.74) is 1.16. The number of benzene rings is 1. The van der Waals surface area contributed by atoms with Gasteiger partial charge >= 0.3 is 6.03 Å². The number of urea groups is 1. The Kier molecular flexibility index (Phi) is 6.89. The summed E-state index contributed by atoms with van der Waals surface area (Å²) in [5.74, 6) is 0.949. The summed E-state index contributed by atoms with van der Waals surface area (Å²) < 4.78 is 27.5. The molecule has 2 saturated heterocycles. The lowest BCUT2D eigenvalue weighted by Gasteiger charge is -2.34. The van der Waals surface area contributed by atoms with E-state index in [0.29, 0.717) is 49.5 Å². The molecule has 1 saturated carbocycles. The van der Waals surface area contributed by atoms with Crippen LogP contribution in [0.5, 0.6) is 0 Å². The van der Waals surface area contributed by atoms with E-state index in [-0.39, 0.29) is 6.03 Å². The van der Waals surface area contributed by atoms with Crippen LogP contribution in [0.15, 0.2) is 29.2 Å². The second-order valence-electron chi connectivity index (χ2n) is 9.34. The molecule has 3 aliphatic rings. The number of carbonyl (C=O) groups excluding carboxylic acids is 1. The predicted octanol–water partition coefficient (Wildman–Crippen LogP) is 2.70. The van der Waals surface area contributed by atoms with Gasteiger partial charge in [0.2, 0.25) is 10.0 Å². The Hall–Kier alpha value is -1.64. The van der Waals surface area contributed by atoms with Crippen molar-refractivity contribution < 1.29 is 13.2 Å². The number of nitrogens with one attached hydrogen (secondary N) is 1. The highest BCUT2D eigenvalue weighted by molar-refractivity contribution is 7.89. The molecular formula is C23H36N4O3S. The van der Waals surface area contributed by atoms with E-state index in [1.54, 1.807) is 17.0 Å². The zero-order valence-electron chi connectivity index (χ0n) is 18.8. The smallest absolute Gasteiger partial charge is 0.317 e. The van der Waals surface area contributed by atoms with E-state index in [9.17, 15) is 13.2 Å². The fourth-order valence-electron chi connectivity index (χ4n) is 4.63. The summed E-state index contributed by atoms with van der Waals surface area (Å²) in [4.78, 5) is 17.2. The van der Waals surface area contributed by atoms with Crippen molar-refractivity contribution in [1.82, 2.24) is 19.4 Å². The first-order valence-electron chi connectivity index (χ1n) is 11.8. The van der Waals surface area contributed by atoms with Gasteiger partial charge in [0.1, 0.15) is 0 Å². The van der Waals surface area contributed by atoms with E-state index in [1.807, 2.05) is 12.1 Å². The van der Waals surface area contributed by atoms with Crippen LogP contribution in [0.1, 0.15) is 51.0 Å². The molecule has 2 aliphatic heterocycles. The Morgan fingerprint density at radius 2 is 1.74 bits per heavy atom. The van der Waals surface area contributed by atoms with Gasteiger partial charge in [-0.2, -0.15) is 4.31 Å². The average Bonchev–Trinajstić information content (AvgIpc) is 3.55. The van der Waals surface area contributed by atoms with Crippen molar-refractivity contribution in [3.8, 4) is 0 Å². The summed E-state index contributed by atoms with van der Waals surface area (Å²) in [6.07, 6.45) is 4.83. The minimum absolute atomic E-state index is 0.0696. The molecule has 2 heterocycles. The molecule has 2 amide bonds. The molecule has 4 rings (SSSR count). The number of likely N-dealkylation sites (tertiary alicyclic amines) is 1. The number of sulfonamides is 1. The molecule has 0 aromatic heterocycles. The summed E-state index contributed by atoms with van der Waals surface area (Å²) in [6, 6.07) is 7.97. The van der Waals surface area contributed by atoms with Gasteiger partial charge in [-0.05, 0) is 61.8 Å². The van der Waals surface area contributed by atoms with Crippen LogP contribution in [-0.2, 0) is 10.0 Å². The standard InChI is InChI=1S/C23H36N4O3S/c1-3-18(2)20-4-8-22(9-5-20)31(29,30)27-14-12-25(13-15-27)23(28)24-16-19-10-11-26(17-19)21-6-7-21/h4-5,8-9,18-19,21H,3,6-7,10-17H2,1-2H3,(H,24,28). The normalized spacial score (nSPS) is 24.3. The summed E-state index contributed by atoms with van der Waals surface area (Å²) in [6.45, 7) is 8.74. The van der Waals surface area contributed by atoms with Crippen molar-refractivity contribution in [1.29, 1.82) is 0 Å². The van der Waals surface area contributed by atoms with Crippen LogP contribution in [0.2, 0.25) is 0 Å². The van der Waals surface area contributed by atoms with Crippen molar-refractivity contribution >= 4 is 16.1 Å². The number of piperazine rings is 1. The van der Waals surface area contributed by atoms with E-state index < -0.39 is 10.0 Å². The van der Waals surface area contributed by atoms with Crippen molar-refractivity contribution in [2.24, 2.45) is 5.92 Å². The predicted molar refractivity (Wildman–Crippen MR) is 122 cm³/mol. The third-order valence-corrected chi connectivity index (χ3v) is 9.06. The van der Waals surface area contributed by atoms with Gasteiger partial charge in [0, 0.05) is 45.3 Å². The molecule has 1 N–H and O–H groups in total. The number of carbonyl (C=O) groups is 1. The molecule has 3 fully saturated rings. The van der Waals surface area contributed by atoms with Gasteiger partial charge in [-0.1, -0.05) is 26.0 Å². The van der Waals surface area contributed by atoms with E-state index in [1.165, 1.54) is 17.1 Å². The third kappa shape index (κ3) is 5.23. The third-order valence-electron chi connectivity index (χ3n) is 7.15. The lowest BCUT2D eigenvalue weighted by Crippen LogP contribution is -2.53. The fourth-order valence-corrected chi connectivity index (χ4v) is 6.05. The van der Waals surface area contributed by atoms with E-state index in [0.717, 1.165) is 37.5 Å². The van der Waals surface area contributed by atoms with Crippen molar-refractivity contribution in [2.75, 3.05) is 45.8 Å². The molecular weight excluding hydrogens is 412 g/mol. The highest BCUT2D eigenvalue weighted by Gasteiger charge is 2.35. The molecule has 31 heavy (non-hydrogen) atoms. The summed E-state index contributed by atoms with van der Waals surface area (Å²) in [7, 11) is -3.52. The van der Waals surface area contributed by atoms with Gasteiger partial charge in [0.15, 0.2) is 0 Å². The lowest BCUT2D eigenvalue weighted by molar-refractivity contribution is 0.171. The highest BCUT2D eigenvalue weighted by atomic mass is 32.2. The average molecular weight is 449 g/mol. The maximum absolute atomic E-state index is 13.0. The lowest BCUT2D eigenvalue weighted by atomic mass is 9.99. The molecule has 0 bridgehead atoms. The maximum Gasteiger partial charge on any atom is 0.317 e. The van der Waals surface area contributed by atoms with E-state index in [2.05, 4.69) is 24.1 Å². The van der Waals surface area contributed by atoms with Crippen LogP contribution >= 0.6 is 0 Å². The Bertz CT molecular complexity index is 861. The first-order chi connectivity index (χ1) is 14.9. The molecule has 2 atom stereocenters. The van der Waals surface area contributed by atoms with Gasteiger partial charge < -0.3 is 15.1 Å². The van der Waals surface area contributed by atoms with Crippen LogP contribution in [0.25, 0.3) is 0 Å². The largest absolute Gasteiger partial charge is 0.338 e. The Labute approximate surface area is 186 Å². The molecule has 2 unspecified atom stereocenters. The number of amides is 2. The molecule has 1 aromatic carbocycles. The van der Waals surface area contributed by atoms with E-state index >= 15 is 0 Å². The van der Waals surface area contributed by atoms with Gasteiger partial charge in [-0.15, -0.1) is 0 Å². The van der Waals surface area contributed by atoms with Crippen LogP contribution in [0.3, 0.4) is 0 Å². The number of rotatable bonds is 7. The summed E-state index contributed by atoms with van der Waals surface area (Å²) in [5, 5.41) is 3.07. The van der Waals surface area contributed by atoms with Crippen LogP contribution in [0.4, 0.5) is 4.79 Å². The fraction of sp³-hybridized carbons (Fsp3) is 0.696. The van der Waals surface area contributed by atoms with Crippen molar-refractivity contribution in [2.45, 2.75) is 56.4 Å². The SMILES string of the molecule is CCC(C)c1ccc(S(=O)(=O)N2CCN(C(=O)NCC3CCN(C4CC4)C3)CC2)cc1. The van der Waals surface area contributed by atoms with Crippen LogP contribution in [-0.4, -0.2) is 80.4 Å². The molecule has 1 aliphatic carbocycles. The maximum atomic E-state index is 13.0. The van der Waals surface area contributed by atoms with Crippen molar-refractivity contribution in [3.63, 3.8) is 0 Å². The monoisotopic (exact) mass is 448 g/mol. The minimum atomic E-state index is -3.52. The Morgan fingerprint density at radius 1 is 1.06 bits per heavy atom. The highest BCUT2D eigenvalue weighted by Crippen LogP contribution is 2.31. The molecule has 172 valence electrons. The number of nitrogens with zero attached hydrogens (tertiary/aromatic N) is 3. The van der Waals surface area contributed by atoms with Crippen molar-refractivity contribution in [3.05, 3.63) is 29.8 Å². The van der Waals surface area contributed by atoms with Gasteiger partial charge in [-0.25, -0.2) is 13.2 Å². The van der Waals surface area contributed by atoms with Crippen LogP contribution in [0, 0.1) is 5.92 Å². The van der Waals surface area contributed by atoms with Gasteiger partial charge in [-0.3, -0.25) is 0 Å². The molecule has 7 nitrogen and oxygen atoms in total. The molecule has 1 aromatic rings. The first-order valence-corrected chi connectivity index (χ1v) is 13.2. The molecule has 0 spiro atoms. The van der Waals surface area contributed by atoms with Gasteiger partial charge in [0.05, 0.1) is 4.90 Å². The molecule has 0 radical (unpaired) electrons. The van der Waals surface area contributed by atoms with Gasteiger partial charge in [0.25, 0.3) is 0 Å². The van der Waals surface area contributed by atoms with Crippen LogP contribution < -0.4 is 5.32 Å². The molecule has 8 heteroatoms. The number of hydrogen-bond donors (Lipinski definition) is 1. The Balaban J connectivity index is 1.25.